The first-order valence-corrected chi connectivity index (χ1v) is 10.4. The molecule has 0 amide bonds. The molecule has 3 nitrogen and oxygen atoms in total. The Labute approximate surface area is 125 Å². The number of benzene rings is 1. The first-order chi connectivity index (χ1) is 9.21. The van der Waals surface area contributed by atoms with Crippen LogP contribution in [-0.4, -0.2) is 12.3 Å². The Kier molecular flexibility index (Phi) is 3.93. The lowest BCUT2D eigenvalue weighted by atomic mass is 10.2. The van der Waals surface area contributed by atoms with Crippen LogP contribution >= 0.6 is 11.5 Å². The van der Waals surface area contributed by atoms with Crippen molar-refractivity contribution < 1.29 is 4.43 Å². The summed E-state index contributed by atoms with van der Waals surface area (Å²) in [6, 6.07) is 9.33. The van der Waals surface area contributed by atoms with E-state index in [2.05, 4.69) is 33.9 Å². The third-order valence-electron chi connectivity index (χ3n) is 3.83. The fraction of sp³-hybridized carbons (Fsp3) is 0.400. The van der Waals surface area contributed by atoms with Crippen LogP contribution < -0.4 is 9.99 Å². The van der Waals surface area contributed by atoms with Gasteiger partial charge in [0.2, 0.25) is 8.32 Å². The van der Waals surface area contributed by atoms with Gasteiger partial charge in [0, 0.05) is 11.4 Å². The summed E-state index contributed by atoms with van der Waals surface area (Å²) in [4.78, 5) is 11.6. The van der Waals surface area contributed by atoms with Crippen LogP contribution in [0.15, 0.2) is 40.5 Å². The summed E-state index contributed by atoms with van der Waals surface area (Å²) in [7, 11) is -1.81. The van der Waals surface area contributed by atoms with Crippen LogP contribution in [0, 0.1) is 0 Å². The molecule has 0 radical (unpaired) electrons. The molecule has 0 bridgehead atoms. The summed E-state index contributed by atoms with van der Waals surface area (Å²) in [5.41, 5.74) is 0.889. The summed E-state index contributed by atoms with van der Waals surface area (Å²) in [5, 5.41) is 1.97. The number of hydrogen-bond donors (Lipinski definition) is 0. The van der Waals surface area contributed by atoms with Gasteiger partial charge in [-0.3, -0.25) is 4.79 Å². The monoisotopic (exact) mass is 307 g/mol. The normalized spacial score (nSPS) is 12.4. The number of aromatic nitrogens is 1. The van der Waals surface area contributed by atoms with Crippen LogP contribution in [0.1, 0.15) is 20.8 Å². The molecule has 0 aliphatic heterocycles. The van der Waals surface area contributed by atoms with Gasteiger partial charge in [0.15, 0.2) is 0 Å². The van der Waals surface area contributed by atoms with E-state index < -0.39 is 8.32 Å². The third kappa shape index (κ3) is 3.04. The zero-order valence-electron chi connectivity index (χ0n) is 12.6. The van der Waals surface area contributed by atoms with E-state index >= 15 is 0 Å². The van der Waals surface area contributed by atoms with Crippen molar-refractivity contribution in [2.75, 3.05) is 0 Å². The Morgan fingerprint density at radius 3 is 2.15 bits per heavy atom. The minimum Gasteiger partial charge on any atom is -0.544 e. The van der Waals surface area contributed by atoms with Crippen LogP contribution in [0.2, 0.25) is 18.1 Å². The molecule has 0 fully saturated rings. The standard InChI is InChI=1S/C15H21NO2SSi/c1-15(2,3)20(4,5)18-13-8-6-12(7-9-13)16-14(17)10-11-19-16/h6-11H,1-5H3. The average Bonchev–Trinajstić information content (AvgIpc) is 2.74. The van der Waals surface area contributed by atoms with Crippen molar-refractivity contribution in [3.8, 4) is 11.4 Å². The molecule has 2 rings (SSSR count). The maximum Gasteiger partial charge on any atom is 0.265 e. The van der Waals surface area contributed by atoms with E-state index in [0.717, 1.165) is 11.4 Å². The predicted molar refractivity (Wildman–Crippen MR) is 87.7 cm³/mol. The van der Waals surface area contributed by atoms with E-state index in [1.807, 2.05) is 24.3 Å². The summed E-state index contributed by atoms with van der Waals surface area (Å²) in [6.07, 6.45) is 0. The Bertz CT molecular complexity index is 635. The van der Waals surface area contributed by atoms with Gasteiger partial charge < -0.3 is 4.43 Å². The number of hydrogen-bond acceptors (Lipinski definition) is 3. The van der Waals surface area contributed by atoms with Crippen molar-refractivity contribution in [3.63, 3.8) is 0 Å². The van der Waals surface area contributed by atoms with Gasteiger partial charge in [-0.2, -0.15) is 0 Å². The van der Waals surface area contributed by atoms with E-state index in [1.165, 1.54) is 11.5 Å². The second-order valence-corrected chi connectivity index (χ2v) is 12.0. The molecule has 0 aliphatic carbocycles. The lowest BCUT2D eigenvalue weighted by molar-refractivity contribution is 0.492. The molecule has 20 heavy (non-hydrogen) atoms. The highest BCUT2D eigenvalue weighted by Crippen LogP contribution is 2.37. The summed E-state index contributed by atoms with van der Waals surface area (Å²) < 4.78 is 7.89. The molecule has 0 unspecified atom stereocenters. The van der Waals surface area contributed by atoms with Gasteiger partial charge in [-0.25, -0.2) is 3.96 Å². The predicted octanol–water partition coefficient (Wildman–Crippen LogP) is 4.28. The summed E-state index contributed by atoms with van der Waals surface area (Å²) in [5.74, 6) is 0.880. The fourth-order valence-corrected chi connectivity index (χ4v) is 3.29. The first kappa shape index (κ1) is 15.1. The van der Waals surface area contributed by atoms with Crippen molar-refractivity contribution in [3.05, 3.63) is 46.1 Å². The van der Waals surface area contributed by atoms with Gasteiger partial charge in [0.25, 0.3) is 5.56 Å². The minimum absolute atomic E-state index is 0.00747. The second kappa shape index (κ2) is 5.22. The second-order valence-electron chi connectivity index (χ2n) is 6.40. The van der Waals surface area contributed by atoms with Gasteiger partial charge in [-0.15, -0.1) is 0 Å². The smallest absolute Gasteiger partial charge is 0.265 e. The fourth-order valence-electron chi connectivity index (χ4n) is 1.55. The van der Waals surface area contributed by atoms with Gasteiger partial charge in [0.1, 0.15) is 5.75 Å². The highest BCUT2D eigenvalue weighted by atomic mass is 32.1. The molecule has 0 saturated carbocycles. The van der Waals surface area contributed by atoms with Gasteiger partial charge in [0.05, 0.1) is 5.69 Å². The number of nitrogens with zero attached hydrogens (tertiary/aromatic N) is 1. The SMILES string of the molecule is CC(C)(C)[Si](C)(C)Oc1ccc(-n2sccc2=O)cc1. The van der Waals surface area contributed by atoms with Crippen LogP contribution in [-0.2, 0) is 0 Å². The molecule has 0 spiro atoms. The van der Waals surface area contributed by atoms with Crippen molar-refractivity contribution in [1.29, 1.82) is 0 Å². The minimum atomic E-state index is -1.81. The number of rotatable bonds is 3. The van der Waals surface area contributed by atoms with E-state index in [4.69, 9.17) is 4.43 Å². The van der Waals surface area contributed by atoms with Crippen LogP contribution in [0.3, 0.4) is 0 Å². The molecule has 0 aliphatic rings. The van der Waals surface area contributed by atoms with Crippen LogP contribution in [0.5, 0.6) is 5.75 Å². The molecule has 0 atom stereocenters. The third-order valence-corrected chi connectivity index (χ3v) is 9.05. The van der Waals surface area contributed by atoms with Gasteiger partial charge in [-0.05, 0) is 42.4 Å². The highest BCUT2D eigenvalue weighted by Gasteiger charge is 2.38. The van der Waals surface area contributed by atoms with E-state index in [0.29, 0.717) is 0 Å². The molecule has 1 aromatic carbocycles. The maximum atomic E-state index is 11.6. The quantitative estimate of drug-likeness (QED) is 0.792. The maximum absolute atomic E-state index is 11.6. The zero-order chi connectivity index (χ0) is 15.0. The van der Waals surface area contributed by atoms with Crippen molar-refractivity contribution in [1.82, 2.24) is 3.96 Å². The molecule has 2 aromatic rings. The molecule has 108 valence electrons. The largest absolute Gasteiger partial charge is 0.544 e. The molecule has 1 heterocycles. The topological polar surface area (TPSA) is 31.2 Å². The summed E-state index contributed by atoms with van der Waals surface area (Å²) >= 11 is 1.40. The Morgan fingerprint density at radius 2 is 1.70 bits per heavy atom. The van der Waals surface area contributed by atoms with Crippen LogP contribution in [0.25, 0.3) is 5.69 Å². The van der Waals surface area contributed by atoms with Crippen molar-refractivity contribution in [2.45, 2.75) is 38.9 Å². The van der Waals surface area contributed by atoms with Crippen molar-refractivity contribution in [2.24, 2.45) is 0 Å². The van der Waals surface area contributed by atoms with Gasteiger partial charge in [-0.1, -0.05) is 32.3 Å². The first-order valence-electron chi connectivity index (χ1n) is 6.67. The molecular weight excluding hydrogens is 286 g/mol. The van der Waals surface area contributed by atoms with E-state index in [9.17, 15) is 4.79 Å². The Hall–Kier alpha value is -1.33. The lowest BCUT2D eigenvalue weighted by Gasteiger charge is -2.36. The molecule has 0 saturated heterocycles. The Balaban J connectivity index is 2.22. The summed E-state index contributed by atoms with van der Waals surface area (Å²) in [6.45, 7) is 11.1. The average molecular weight is 307 g/mol. The van der Waals surface area contributed by atoms with Crippen LogP contribution in [0.4, 0.5) is 0 Å². The highest BCUT2D eigenvalue weighted by molar-refractivity contribution is 7.04. The molecule has 5 heteroatoms. The molecular formula is C15H21NO2SSi. The zero-order valence-corrected chi connectivity index (χ0v) is 14.5. The molecule has 0 N–H and O–H groups in total. The molecule has 1 aromatic heterocycles. The van der Waals surface area contributed by atoms with Gasteiger partial charge >= 0.3 is 0 Å². The lowest BCUT2D eigenvalue weighted by Crippen LogP contribution is -2.43. The van der Waals surface area contributed by atoms with E-state index in [1.54, 1.807) is 15.4 Å². The van der Waals surface area contributed by atoms with Crippen molar-refractivity contribution >= 4 is 19.8 Å². The van der Waals surface area contributed by atoms with E-state index in [-0.39, 0.29) is 10.6 Å². The Morgan fingerprint density at radius 1 is 1.10 bits per heavy atom.